The van der Waals surface area contributed by atoms with Crippen molar-refractivity contribution in [1.82, 2.24) is 0 Å². The Morgan fingerprint density at radius 1 is 0.741 bits per heavy atom. The molecule has 0 radical (unpaired) electrons. The first kappa shape index (κ1) is 24.5. The summed E-state index contributed by atoms with van der Waals surface area (Å²) in [5.74, 6) is -2.25. The second-order valence-corrected chi connectivity index (χ2v) is 5.59. The summed E-state index contributed by atoms with van der Waals surface area (Å²) in [6.45, 7) is 0. The van der Waals surface area contributed by atoms with Gasteiger partial charge < -0.3 is 41.5 Å². The van der Waals surface area contributed by atoms with Gasteiger partial charge in [-0.05, 0) is 48.2 Å². The van der Waals surface area contributed by atoms with Gasteiger partial charge in [-0.25, -0.2) is 0 Å². The summed E-state index contributed by atoms with van der Waals surface area (Å²) in [5.41, 5.74) is 12.0. The summed E-state index contributed by atoms with van der Waals surface area (Å²) >= 11 is 0. The van der Waals surface area contributed by atoms with Crippen LogP contribution in [0.5, 0.6) is 11.5 Å². The van der Waals surface area contributed by atoms with Crippen molar-refractivity contribution in [2.75, 3.05) is 0 Å². The SMILES string of the molecule is N[C@@H](Cc1ccc(O)cc1)C(=O)[O-].N[C@@H](Cc1ccc(O)cc1)C(=O)[O-].[Zn+2]. The van der Waals surface area contributed by atoms with Crippen LogP contribution in [-0.2, 0) is 41.9 Å². The van der Waals surface area contributed by atoms with E-state index in [1.807, 2.05) is 0 Å². The third kappa shape index (κ3) is 9.70. The predicted molar refractivity (Wildman–Crippen MR) is 89.6 cm³/mol. The maximum absolute atomic E-state index is 10.3. The molecule has 0 fully saturated rings. The van der Waals surface area contributed by atoms with Crippen molar-refractivity contribution in [2.24, 2.45) is 11.5 Å². The molecule has 0 heterocycles. The fourth-order valence-electron chi connectivity index (χ4n) is 1.94. The number of hydrogen-bond acceptors (Lipinski definition) is 8. The van der Waals surface area contributed by atoms with Crippen LogP contribution in [0.15, 0.2) is 48.5 Å². The predicted octanol–water partition coefficient (Wildman–Crippen LogP) is -1.98. The molecule has 9 heteroatoms. The maximum Gasteiger partial charge on any atom is 2.00 e. The molecule has 0 saturated heterocycles. The van der Waals surface area contributed by atoms with E-state index in [4.69, 9.17) is 21.7 Å². The molecule has 0 aliphatic rings. The van der Waals surface area contributed by atoms with Crippen LogP contribution in [0.25, 0.3) is 0 Å². The number of aromatic hydroxyl groups is 2. The number of carbonyl (C=O) groups excluding carboxylic acids is 2. The quantitative estimate of drug-likeness (QED) is 0.385. The van der Waals surface area contributed by atoms with Crippen LogP contribution >= 0.6 is 0 Å². The molecular weight excluding hydrogens is 406 g/mol. The number of rotatable bonds is 6. The molecule has 27 heavy (non-hydrogen) atoms. The third-order valence-corrected chi connectivity index (χ3v) is 3.39. The first-order valence-electron chi connectivity index (χ1n) is 7.67. The first-order chi connectivity index (χ1) is 12.2. The molecule has 2 aromatic carbocycles. The zero-order valence-electron chi connectivity index (χ0n) is 14.6. The van der Waals surface area contributed by atoms with Crippen molar-refractivity contribution < 1.29 is 49.5 Å². The van der Waals surface area contributed by atoms with Gasteiger partial charge in [0, 0.05) is 12.1 Å². The van der Waals surface area contributed by atoms with Crippen LogP contribution in [0.4, 0.5) is 0 Å². The Balaban J connectivity index is 0.000000483. The van der Waals surface area contributed by atoms with E-state index < -0.39 is 24.0 Å². The number of phenols is 2. The van der Waals surface area contributed by atoms with E-state index in [2.05, 4.69) is 0 Å². The van der Waals surface area contributed by atoms with Crippen molar-refractivity contribution in [3.05, 3.63) is 59.7 Å². The monoisotopic (exact) mass is 424 g/mol. The summed E-state index contributed by atoms with van der Waals surface area (Å²) in [4.78, 5) is 20.6. The van der Waals surface area contributed by atoms with Gasteiger partial charge in [0.15, 0.2) is 0 Å². The number of carboxylic acid groups (broad SMARTS) is 2. The largest absolute Gasteiger partial charge is 2.00 e. The summed E-state index contributed by atoms with van der Waals surface area (Å²) in [6.07, 6.45) is 0.422. The van der Waals surface area contributed by atoms with Crippen LogP contribution in [0, 0.1) is 0 Å². The Labute approximate surface area is 169 Å². The summed E-state index contributed by atoms with van der Waals surface area (Å²) in [6, 6.07) is 10.4. The van der Waals surface area contributed by atoms with Crippen LogP contribution in [-0.4, -0.2) is 34.2 Å². The Hall–Kier alpha value is -2.48. The van der Waals surface area contributed by atoms with E-state index in [-0.39, 0.29) is 43.8 Å². The van der Waals surface area contributed by atoms with Crippen LogP contribution in [0.2, 0.25) is 0 Å². The Kier molecular flexibility index (Phi) is 10.9. The molecule has 6 N–H and O–H groups in total. The smallest absolute Gasteiger partial charge is 0.548 e. The number of carboxylic acids is 2. The van der Waals surface area contributed by atoms with Crippen molar-refractivity contribution >= 4 is 11.9 Å². The molecule has 2 aromatic rings. The number of phenolic OH excluding ortho intramolecular Hbond substituents is 2. The van der Waals surface area contributed by atoms with Crippen molar-refractivity contribution in [3.63, 3.8) is 0 Å². The van der Waals surface area contributed by atoms with Gasteiger partial charge in [-0.3, -0.25) is 0 Å². The zero-order chi connectivity index (χ0) is 19.7. The number of aliphatic carboxylic acids is 2. The van der Waals surface area contributed by atoms with E-state index >= 15 is 0 Å². The molecule has 8 nitrogen and oxygen atoms in total. The van der Waals surface area contributed by atoms with Gasteiger partial charge in [0.2, 0.25) is 0 Å². The molecular formula is C18H20N2O6Zn. The number of hydrogen-bond donors (Lipinski definition) is 4. The van der Waals surface area contributed by atoms with Gasteiger partial charge in [-0.15, -0.1) is 0 Å². The van der Waals surface area contributed by atoms with Gasteiger partial charge >= 0.3 is 19.5 Å². The average molecular weight is 426 g/mol. The fraction of sp³-hybridized carbons (Fsp3) is 0.222. The average Bonchev–Trinajstić information content (AvgIpc) is 2.59. The fourth-order valence-corrected chi connectivity index (χ4v) is 1.94. The van der Waals surface area contributed by atoms with E-state index in [1.54, 1.807) is 24.3 Å². The van der Waals surface area contributed by atoms with Crippen LogP contribution in [0.3, 0.4) is 0 Å². The molecule has 0 amide bonds. The minimum atomic E-state index is -1.27. The topological polar surface area (TPSA) is 173 Å². The standard InChI is InChI=1S/2C9H11NO3.Zn/c2*10-8(9(12)13)5-6-1-3-7(11)4-2-6;/h2*1-4,8,11H,5,10H2,(H,12,13);/q;;+2/p-2/t2*8-;/m00./s1. The molecule has 0 aromatic heterocycles. The Morgan fingerprint density at radius 2 is 1.00 bits per heavy atom. The minimum absolute atomic E-state index is 0. The second kappa shape index (κ2) is 12.0. The molecule has 0 unspecified atom stereocenters. The molecule has 0 aliphatic carbocycles. The molecule has 0 bridgehead atoms. The first-order valence-corrected chi connectivity index (χ1v) is 7.67. The van der Waals surface area contributed by atoms with Gasteiger partial charge in [0.1, 0.15) is 11.5 Å². The van der Waals surface area contributed by atoms with Gasteiger partial charge in [-0.2, -0.15) is 0 Å². The maximum atomic E-state index is 10.3. The normalized spacial score (nSPS) is 11.9. The second-order valence-electron chi connectivity index (χ2n) is 5.59. The Morgan fingerprint density at radius 3 is 1.22 bits per heavy atom. The van der Waals surface area contributed by atoms with Gasteiger partial charge in [-0.1, -0.05) is 24.3 Å². The Bertz CT molecular complexity index is 658. The van der Waals surface area contributed by atoms with Crippen molar-refractivity contribution in [2.45, 2.75) is 24.9 Å². The number of benzene rings is 2. The number of carbonyl (C=O) groups is 2. The molecule has 0 saturated carbocycles. The zero-order valence-corrected chi connectivity index (χ0v) is 17.5. The van der Waals surface area contributed by atoms with E-state index in [0.29, 0.717) is 0 Å². The van der Waals surface area contributed by atoms with E-state index in [0.717, 1.165) is 11.1 Å². The van der Waals surface area contributed by atoms with Gasteiger partial charge in [0.05, 0.1) is 11.9 Å². The van der Waals surface area contributed by atoms with E-state index in [9.17, 15) is 19.8 Å². The van der Waals surface area contributed by atoms with Crippen molar-refractivity contribution in [1.29, 1.82) is 0 Å². The van der Waals surface area contributed by atoms with Crippen LogP contribution in [0.1, 0.15) is 11.1 Å². The minimum Gasteiger partial charge on any atom is -0.548 e. The molecule has 2 atom stereocenters. The summed E-state index contributed by atoms with van der Waals surface area (Å²) in [7, 11) is 0. The molecule has 0 aliphatic heterocycles. The third-order valence-electron chi connectivity index (χ3n) is 3.39. The summed E-state index contributed by atoms with van der Waals surface area (Å²) in [5, 5.41) is 38.5. The molecule has 0 spiro atoms. The molecule has 140 valence electrons. The molecule has 2 rings (SSSR count). The number of nitrogens with two attached hydrogens (primary N) is 2. The van der Waals surface area contributed by atoms with Crippen molar-refractivity contribution in [3.8, 4) is 11.5 Å². The van der Waals surface area contributed by atoms with Crippen LogP contribution < -0.4 is 21.7 Å². The summed E-state index contributed by atoms with van der Waals surface area (Å²) < 4.78 is 0. The van der Waals surface area contributed by atoms with E-state index in [1.165, 1.54) is 24.3 Å². The van der Waals surface area contributed by atoms with Gasteiger partial charge in [0.25, 0.3) is 0 Å².